The number of nitrogen functional groups attached to an aromatic ring is 1. The number of anilines is 1. The zero-order chi connectivity index (χ0) is 13.5. The molecule has 0 aliphatic carbocycles. The largest absolute Gasteiger partial charge is 0.396 e. The van der Waals surface area contributed by atoms with Crippen molar-refractivity contribution in [3.05, 3.63) is 11.4 Å². The second kappa shape index (κ2) is 7.00. The molecule has 102 valence electrons. The van der Waals surface area contributed by atoms with Crippen molar-refractivity contribution in [1.29, 1.82) is 0 Å². The maximum atomic E-state index is 12.2. The lowest BCUT2D eigenvalue weighted by Crippen LogP contribution is -2.33. The lowest BCUT2D eigenvalue weighted by atomic mass is 10.2. The molecule has 6 nitrogen and oxygen atoms in total. The summed E-state index contributed by atoms with van der Waals surface area (Å²) < 4.78 is 0. The van der Waals surface area contributed by atoms with Crippen molar-refractivity contribution in [2.75, 3.05) is 25.4 Å². The molecule has 0 atom stereocenters. The molecule has 0 saturated carbocycles. The summed E-state index contributed by atoms with van der Waals surface area (Å²) in [5, 5.41) is 15.6. The monoisotopic (exact) mass is 254 g/mol. The number of nitrogens with one attached hydrogen (secondary N) is 1. The highest BCUT2D eigenvalue weighted by atomic mass is 16.3. The van der Waals surface area contributed by atoms with Crippen molar-refractivity contribution in [1.82, 2.24) is 15.1 Å². The zero-order valence-electron chi connectivity index (χ0n) is 11.1. The Morgan fingerprint density at radius 2 is 2.22 bits per heavy atom. The number of hydrogen-bond acceptors (Lipinski definition) is 4. The Morgan fingerprint density at radius 3 is 2.78 bits per heavy atom. The van der Waals surface area contributed by atoms with Crippen molar-refractivity contribution in [3.63, 3.8) is 0 Å². The van der Waals surface area contributed by atoms with Gasteiger partial charge in [-0.25, -0.2) is 0 Å². The number of nitrogens with zero attached hydrogens (tertiary/aromatic N) is 2. The maximum Gasteiger partial charge on any atom is 0.276 e. The Kier molecular flexibility index (Phi) is 5.64. The van der Waals surface area contributed by atoms with Crippen LogP contribution in [0.25, 0.3) is 0 Å². The predicted molar refractivity (Wildman–Crippen MR) is 70.3 cm³/mol. The molecule has 0 aliphatic heterocycles. The minimum atomic E-state index is -0.179. The van der Waals surface area contributed by atoms with Crippen LogP contribution in [0.3, 0.4) is 0 Å². The second-order valence-electron chi connectivity index (χ2n) is 4.18. The van der Waals surface area contributed by atoms with Gasteiger partial charge >= 0.3 is 0 Å². The average molecular weight is 254 g/mol. The van der Waals surface area contributed by atoms with Gasteiger partial charge in [-0.3, -0.25) is 9.89 Å². The topological polar surface area (TPSA) is 95.2 Å². The van der Waals surface area contributed by atoms with Crippen LogP contribution in [0, 0.1) is 0 Å². The van der Waals surface area contributed by atoms with Gasteiger partial charge in [0.05, 0.1) is 11.4 Å². The van der Waals surface area contributed by atoms with Crippen LogP contribution in [0.15, 0.2) is 0 Å². The number of aliphatic hydroxyl groups is 1. The molecule has 1 aromatic heterocycles. The molecule has 0 fully saturated rings. The zero-order valence-corrected chi connectivity index (χ0v) is 11.1. The third-order valence-corrected chi connectivity index (χ3v) is 2.84. The first-order valence-corrected chi connectivity index (χ1v) is 6.38. The Labute approximate surface area is 107 Å². The number of hydrogen-bond donors (Lipinski definition) is 3. The second-order valence-corrected chi connectivity index (χ2v) is 4.18. The standard InChI is InChI=1S/C12H22N4O2/c1-3-6-9-10(13)11(15-14-9)12(18)16(4-2)7-5-8-17/h17H,3-8,13H2,1-2H3,(H,14,15). The Hall–Kier alpha value is -1.56. The van der Waals surface area contributed by atoms with Crippen molar-refractivity contribution >= 4 is 11.6 Å². The fourth-order valence-corrected chi connectivity index (χ4v) is 1.80. The summed E-state index contributed by atoms with van der Waals surface area (Å²) in [6.07, 6.45) is 2.29. The van der Waals surface area contributed by atoms with Gasteiger partial charge in [0.15, 0.2) is 5.69 Å². The molecule has 1 amide bonds. The first-order valence-electron chi connectivity index (χ1n) is 6.38. The molecule has 4 N–H and O–H groups in total. The van der Waals surface area contributed by atoms with Crippen LogP contribution >= 0.6 is 0 Å². The van der Waals surface area contributed by atoms with Crippen LogP contribution in [-0.4, -0.2) is 45.8 Å². The molecular formula is C12H22N4O2. The molecular weight excluding hydrogens is 232 g/mol. The van der Waals surface area contributed by atoms with Gasteiger partial charge in [0, 0.05) is 19.7 Å². The van der Waals surface area contributed by atoms with Crippen molar-refractivity contribution in [2.45, 2.75) is 33.1 Å². The molecule has 0 spiro atoms. The van der Waals surface area contributed by atoms with E-state index in [2.05, 4.69) is 10.2 Å². The molecule has 1 heterocycles. The highest BCUT2D eigenvalue weighted by Gasteiger charge is 2.21. The Bertz CT molecular complexity index is 389. The minimum absolute atomic E-state index is 0.0703. The lowest BCUT2D eigenvalue weighted by molar-refractivity contribution is 0.0749. The van der Waals surface area contributed by atoms with Crippen molar-refractivity contribution in [2.24, 2.45) is 0 Å². The molecule has 0 radical (unpaired) electrons. The highest BCUT2D eigenvalue weighted by molar-refractivity contribution is 5.97. The number of amides is 1. The summed E-state index contributed by atoms with van der Waals surface area (Å²) >= 11 is 0. The first kappa shape index (κ1) is 14.5. The lowest BCUT2D eigenvalue weighted by Gasteiger charge is -2.19. The third kappa shape index (κ3) is 3.22. The van der Waals surface area contributed by atoms with Crippen LogP contribution in [0.4, 0.5) is 5.69 Å². The summed E-state index contributed by atoms with van der Waals surface area (Å²) in [7, 11) is 0. The fraction of sp³-hybridized carbons (Fsp3) is 0.667. The number of aryl methyl sites for hydroxylation is 1. The van der Waals surface area contributed by atoms with Gasteiger partial charge in [0.2, 0.25) is 0 Å². The molecule has 0 aromatic carbocycles. The normalized spacial score (nSPS) is 10.6. The van der Waals surface area contributed by atoms with E-state index >= 15 is 0 Å². The van der Waals surface area contributed by atoms with E-state index in [1.165, 1.54) is 0 Å². The molecule has 0 saturated heterocycles. The smallest absolute Gasteiger partial charge is 0.276 e. The van der Waals surface area contributed by atoms with Crippen LogP contribution < -0.4 is 5.73 Å². The van der Waals surface area contributed by atoms with Gasteiger partial charge in [-0.05, 0) is 19.8 Å². The number of aromatic amines is 1. The molecule has 6 heteroatoms. The molecule has 0 bridgehead atoms. The summed E-state index contributed by atoms with van der Waals surface area (Å²) in [4.78, 5) is 13.8. The molecule has 1 rings (SSSR count). The SMILES string of the molecule is CCCc1[nH]nc(C(=O)N(CC)CCCO)c1N. The van der Waals surface area contributed by atoms with Gasteiger partial charge in [0.1, 0.15) is 0 Å². The third-order valence-electron chi connectivity index (χ3n) is 2.84. The van der Waals surface area contributed by atoms with Gasteiger partial charge < -0.3 is 15.7 Å². The molecule has 0 aliphatic rings. The number of aromatic nitrogens is 2. The van der Waals surface area contributed by atoms with Gasteiger partial charge in [-0.1, -0.05) is 13.3 Å². The maximum absolute atomic E-state index is 12.2. The Balaban J connectivity index is 2.81. The Morgan fingerprint density at radius 1 is 1.50 bits per heavy atom. The van der Waals surface area contributed by atoms with E-state index in [1.807, 2.05) is 13.8 Å². The number of H-pyrrole nitrogens is 1. The summed E-state index contributed by atoms with van der Waals surface area (Å²) in [6, 6.07) is 0. The van der Waals surface area contributed by atoms with Crippen LogP contribution in [0.1, 0.15) is 42.9 Å². The number of rotatable bonds is 7. The van der Waals surface area contributed by atoms with Gasteiger partial charge in [-0.2, -0.15) is 5.10 Å². The highest BCUT2D eigenvalue weighted by Crippen LogP contribution is 2.17. The number of aliphatic hydroxyl groups excluding tert-OH is 1. The summed E-state index contributed by atoms with van der Waals surface area (Å²) in [5.41, 5.74) is 7.48. The number of carbonyl (C=O) groups is 1. The van der Waals surface area contributed by atoms with Crippen molar-refractivity contribution < 1.29 is 9.90 Å². The quantitative estimate of drug-likeness (QED) is 0.670. The van der Waals surface area contributed by atoms with Crippen LogP contribution in [0.5, 0.6) is 0 Å². The van der Waals surface area contributed by atoms with E-state index in [4.69, 9.17) is 10.8 Å². The van der Waals surface area contributed by atoms with E-state index in [0.29, 0.717) is 30.9 Å². The van der Waals surface area contributed by atoms with Gasteiger partial charge in [0.25, 0.3) is 5.91 Å². The summed E-state index contributed by atoms with van der Waals surface area (Å²) in [6.45, 7) is 5.10. The van der Waals surface area contributed by atoms with E-state index in [-0.39, 0.29) is 12.5 Å². The summed E-state index contributed by atoms with van der Waals surface area (Å²) in [5.74, 6) is -0.179. The number of nitrogens with two attached hydrogens (primary N) is 1. The predicted octanol–water partition coefficient (Wildman–Crippen LogP) is 0.789. The molecule has 1 aromatic rings. The van der Waals surface area contributed by atoms with E-state index in [0.717, 1.165) is 18.5 Å². The van der Waals surface area contributed by atoms with E-state index < -0.39 is 0 Å². The van der Waals surface area contributed by atoms with Crippen LogP contribution in [0.2, 0.25) is 0 Å². The molecule has 18 heavy (non-hydrogen) atoms. The van der Waals surface area contributed by atoms with Crippen molar-refractivity contribution in [3.8, 4) is 0 Å². The minimum Gasteiger partial charge on any atom is -0.396 e. The first-order chi connectivity index (χ1) is 8.65. The van der Waals surface area contributed by atoms with Gasteiger partial charge in [-0.15, -0.1) is 0 Å². The van der Waals surface area contributed by atoms with Crippen LogP contribution in [-0.2, 0) is 6.42 Å². The van der Waals surface area contributed by atoms with E-state index in [1.54, 1.807) is 4.90 Å². The van der Waals surface area contributed by atoms with E-state index in [9.17, 15) is 4.79 Å². The fourth-order valence-electron chi connectivity index (χ4n) is 1.80. The molecule has 0 unspecified atom stereocenters. The average Bonchev–Trinajstić information content (AvgIpc) is 2.72. The number of carbonyl (C=O) groups excluding carboxylic acids is 1.